The topological polar surface area (TPSA) is 81.7 Å². The lowest BCUT2D eigenvalue weighted by Gasteiger charge is -2.18. The number of hydrogen-bond donors (Lipinski definition) is 1. The van der Waals surface area contributed by atoms with E-state index in [1.165, 1.54) is 12.1 Å². The van der Waals surface area contributed by atoms with E-state index in [-0.39, 0.29) is 4.90 Å². The van der Waals surface area contributed by atoms with Crippen LogP contribution in [0.5, 0.6) is 11.5 Å². The van der Waals surface area contributed by atoms with Gasteiger partial charge in [0.25, 0.3) is 15.9 Å². The van der Waals surface area contributed by atoms with Gasteiger partial charge in [-0.15, -0.1) is 0 Å². The van der Waals surface area contributed by atoms with Crippen LogP contribution in [0.1, 0.15) is 5.56 Å². The molecule has 1 aliphatic rings. The number of nitrogens with one attached hydrogen (secondary N) is 1. The summed E-state index contributed by atoms with van der Waals surface area (Å²) in [6, 6.07) is 11.5. The summed E-state index contributed by atoms with van der Waals surface area (Å²) in [6.45, 7) is 0.961. The second kappa shape index (κ2) is 7.28. The average molecular weight is 424 g/mol. The molecule has 1 amide bonds. The number of carbonyl (C=O) groups excluding carboxylic acids is 1. The predicted octanol–water partition coefficient (Wildman–Crippen LogP) is 2.74. The van der Waals surface area contributed by atoms with E-state index >= 15 is 0 Å². The first-order valence-electron chi connectivity index (χ1n) is 7.35. The van der Waals surface area contributed by atoms with Gasteiger partial charge < -0.3 is 9.47 Å². The molecule has 0 saturated carbocycles. The van der Waals surface area contributed by atoms with Crippen LogP contribution >= 0.6 is 15.9 Å². The van der Waals surface area contributed by atoms with Crippen molar-refractivity contribution in [1.29, 1.82) is 0 Å². The highest BCUT2D eigenvalue weighted by Crippen LogP contribution is 2.31. The minimum Gasteiger partial charge on any atom is -0.486 e. The van der Waals surface area contributed by atoms with Gasteiger partial charge in [-0.1, -0.05) is 18.2 Å². The van der Waals surface area contributed by atoms with Gasteiger partial charge >= 0.3 is 0 Å². The van der Waals surface area contributed by atoms with E-state index in [0.29, 0.717) is 34.7 Å². The van der Waals surface area contributed by atoms with Crippen LogP contribution < -0.4 is 14.2 Å². The molecule has 8 heteroatoms. The van der Waals surface area contributed by atoms with E-state index < -0.39 is 15.9 Å². The molecule has 0 bridgehead atoms. The van der Waals surface area contributed by atoms with Crippen molar-refractivity contribution in [2.24, 2.45) is 0 Å². The molecule has 1 N–H and O–H groups in total. The summed E-state index contributed by atoms with van der Waals surface area (Å²) in [5.74, 6) is 0.490. The van der Waals surface area contributed by atoms with Crippen molar-refractivity contribution in [1.82, 2.24) is 4.72 Å². The summed E-state index contributed by atoms with van der Waals surface area (Å²) >= 11 is 3.16. The molecule has 0 spiro atoms. The number of fused-ring (bicyclic) bond motifs is 1. The summed E-state index contributed by atoms with van der Waals surface area (Å²) in [5, 5.41) is 0. The third kappa shape index (κ3) is 4.21. The number of carbonyl (C=O) groups is 1. The zero-order valence-electron chi connectivity index (χ0n) is 12.9. The van der Waals surface area contributed by atoms with E-state index in [9.17, 15) is 13.2 Å². The van der Waals surface area contributed by atoms with Crippen LogP contribution in [-0.4, -0.2) is 27.5 Å². The van der Waals surface area contributed by atoms with Crippen LogP contribution in [-0.2, 0) is 14.8 Å². The van der Waals surface area contributed by atoms with E-state index in [4.69, 9.17) is 9.47 Å². The molecule has 0 radical (unpaired) electrons. The van der Waals surface area contributed by atoms with Crippen LogP contribution in [0.2, 0.25) is 0 Å². The first kappa shape index (κ1) is 17.5. The van der Waals surface area contributed by atoms with Gasteiger partial charge in [0.15, 0.2) is 11.5 Å². The molecule has 0 aromatic heterocycles. The van der Waals surface area contributed by atoms with Gasteiger partial charge in [-0.2, -0.15) is 0 Å². The Balaban J connectivity index is 1.72. The van der Waals surface area contributed by atoms with Gasteiger partial charge in [0.05, 0.1) is 0 Å². The highest BCUT2D eigenvalue weighted by atomic mass is 79.9. The van der Waals surface area contributed by atoms with E-state index in [1.54, 1.807) is 36.4 Å². The van der Waals surface area contributed by atoms with E-state index in [1.807, 2.05) is 4.72 Å². The Morgan fingerprint density at radius 3 is 2.56 bits per heavy atom. The first-order valence-corrected chi connectivity index (χ1v) is 9.62. The molecule has 1 aliphatic heterocycles. The maximum atomic E-state index is 12.2. The van der Waals surface area contributed by atoms with Crippen molar-refractivity contribution >= 4 is 37.9 Å². The molecule has 2 aromatic carbocycles. The van der Waals surface area contributed by atoms with Crippen molar-refractivity contribution in [2.75, 3.05) is 13.2 Å². The van der Waals surface area contributed by atoms with E-state index in [0.717, 1.165) is 6.08 Å². The predicted molar refractivity (Wildman–Crippen MR) is 95.9 cm³/mol. The van der Waals surface area contributed by atoms with E-state index in [2.05, 4.69) is 15.9 Å². The molecule has 3 rings (SSSR count). The Hall–Kier alpha value is -2.32. The fourth-order valence-electron chi connectivity index (χ4n) is 2.22. The quantitative estimate of drug-likeness (QED) is 0.764. The summed E-state index contributed by atoms with van der Waals surface area (Å²) in [7, 11) is -3.95. The normalized spacial score (nSPS) is 13.6. The lowest BCUT2D eigenvalue weighted by molar-refractivity contribution is -0.114. The summed E-state index contributed by atoms with van der Waals surface area (Å²) in [6.07, 6.45) is 2.66. The maximum Gasteiger partial charge on any atom is 0.265 e. The lowest BCUT2D eigenvalue weighted by Crippen LogP contribution is -2.29. The number of sulfonamides is 1. The molecule has 2 aromatic rings. The Bertz CT molecular complexity index is 940. The molecule has 25 heavy (non-hydrogen) atoms. The molecule has 6 nitrogen and oxygen atoms in total. The minimum atomic E-state index is -3.95. The van der Waals surface area contributed by atoms with Crippen molar-refractivity contribution in [3.05, 3.63) is 58.6 Å². The largest absolute Gasteiger partial charge is 0.486 e. The number of halogens is 1. The molecular weight excluding hydrogens is 410 g/mol. The Morgan fingerprint density at radius 1 is 1.08 bits per heavy atom. The maximum absolute atomic E-state index is 12.2. The standard InChI is InChI=1S/C17H14BrNO5S/c18-13-3-1-2-4-16(13)25(21,22)19-17(20)8-6-12-5-7-14-15(11-12)24-10-9-23-14/h1-8,11H,9-10H2,(H,19,20). The number of rotatable bonds is 4. The highest BCUT2D eigenvalue weighted by molar-refractivity contribution is 9.10. The molecule has 0 aliphatic carbocycles. The smallest absolute Gasteiger partial charge is 0.265 e. The summed E-state index contributed by atoms with van der Waals surface area (Å²) in [4.78, 5) is 12.0. The number of ether oxygens (including phenoxy) is 2. The first-order chi connectivity index (χ1) is 12.0. The summed E-state index contributed by atoms with van der Waals surface area (Å²) < 4.78 is 37.7. The minimum absolute atomic E-state index is 0.00363. The Kier molecular flexibility index (Phi) is 5.10. The van der Waals surface area contributed by atoms with Gasteiger partial charge in [0.2, 0.25) is 0 Å². The summed E-state index contributed by atoms with van der Waals surface area (Å²) in [5.41, 5.74) is 0.692. The van der Waals surface area contributed by atoms with Crippen LogP contribution in [0.15, 0.2) is 57.9 Å². The third-order valence-corrected chi connectivity index (χ3v) is 5.71. The van der Waals surface area contributed by atoms with Gasteiger partial charge in [-0.05, 0) is 51.8 Å². The molecule has 0 fully saturated rings. The van der Waals surface area contributed by atoms with Crippen molar-refractivity contribution in [3.63, 3.8) is 0 Å². The van der Waals surface area contributed by atoms with Gasteiger partial charge in [0.1, 0.15) is 18.1 Å². The number of amides is 1. The third-order valence-electron chi connectivity index (χ3n) is 3.35. The van der Waals surface area contributed by atoms with Gasteiger partial charge in [-0.3, -0.25) is 4.79 Å². The van der Waals surface area contributed by atoms with Gasteiger partial charge in [0, 0.05) is 10.5 Å². The molecule has 0 unspecified atom stereocenters. The average Bonchev–Trinajstić information content (AvgIpc) is 2.59. The van der Waals surface area contributed by atoms with Crippen LogP contribution in [0.3, 0.4) is 0 Å². The SMILES string of the molecule is O=C(C=Cc1ccc2c(c1)OCCO2)NS(=O)(=O)c1ccccc1Br. The molecule has 0 atom stereocenters. The van der Waals surface area contributed by atoms with Crippen molar-refractivity contribution in [3.8, 4) is 11.5 Å². The fourth-order valence-corrected chi connectivity index (χ4v) is 4.17. The zero-order chi connectivity index (χ0) is 17.9. The molecular formula is C17H14BrNO5S. The number of hydrogen-bond acceptors (Lipinski definition) is 5. The fraction of sp³-hybridized carbons (Fsp3) is 0.118. The van der Waals surface area contributed by atoms with Crippen LogP contribution in [0, 0.1) is 0 Å². The van der Waals surface area contributed by atoms with Crippen LogP contribution in [0.25, 0.3) is 6.08 Å². The second-order valence-corrected chi connectivity index (χ2v) is 7.64. The second-order valence-electron chi connectivity index (χ2n) is 5.14. The van der Waals surface area contributed by atoms with Gasteiger partial charge in [-0.25, -0.2) is 13.1 Å². The molecule has 130 valence electrons. The molecule has 1 heterocycles. The number of benzene rings is 2. The highest BCUT2D eigenvalue weighted by Gasteiger charge is 2.19. The van der Waals surface area contributed by atoms with Crippen LogP contribution in [0.4, 0.5) is 0 Å². The Morgan fingerprint density at radius 2 is 1.80 bits per heavy atom. The Labute approximate surface area is 153 Å². The van der Waals surface area contributed by atoms with Crippen molar-refractivity contribution < 1.29 is 22.7 Å². The van der Waals surface area contributed by atoms with Crippen molar-refractivity contribution in [2.45, 2.75) is 4.90 Å². The lowest BCUT2D eigenvalue weighted by atomic mass is 10.2. The molecule has 0 saturated heterocycles. The zero-order valence-corrected chi connectivity index (χ0v) is 15.3. The monoisotopic (exact) mass is 423 g/mol.